The number of furan rings is 1. The molecule has 21 heavy (non-hydrogen) atoms. The van der Waals surface area contributed by atoms with E-state index in [1.54, 1.807) is 42.5 Å². The van der Waals surface area contributed by atoms with Gasteiger partial charge in [-0.05, 0) is 64.7 Å². The molecule has 0 saturated carbocycles. The summed E-state index contributed by atoms with van der Waals surface area (Å²) < 4.78 is 6.10. The number of carbonyl (C=O) groups excluding carboxylic acids is 2. The Morgan fingerprint density at radius 3 is 2.71 bits per heavy atom. The fraction of sp³-hybridized carbons (Fsp3) is 0. The molecule has 2 heterocycles. The smallest absolute Gasteiger partial charge is 0.298 e. The van der Waals surface area contributed by atoms with E-state index in [0.717, 1.165) is 16.7 Å². The lowest BCUT2D eigenvalue weighted by Crippen LogP contribution is -2.27. The first-order valence-corrected chi connectivity index (χ1v) is 8.11. The van der Waals surface area contributed by atoms with E-state index in [4.69, 9.17) is 16.0 Å². The van der Waals surface area contributed by atoms with Crippen molar-refractivity contribution in [1.29, 1.82) is 0 Å². The molecule has 0 unspecified atom stereocenters. The Morgan fingerprint density at radius 2 is 2.05 bits per heavy atom. The van der Waals surface area contributed by atoms with E-state index in [1.165, 1.54) is 0 Å². The van der Waals surface area contributed by atoms with Crippen molar-refractivity contribution >= 4 is 68.9 Å². The first-order valence-electron chi connectivity index (χ1n) is 5.83. The van der Waals surface area contributed by atoms with Crippen LogP contribution in [-0.2, 0) is 4.79 Å². The van der Waals surface area contributed by atoms with Crippen LogP contribution in [0.2, 0.25) is 5.02 Å². The van der Waals surface area contributed by atoms with Gasteiger partial charge in [0.2, 0.25) is 0 Å². The van der Waals surface area contributed by atoms with Gasteiger partial charge in [0.25, 0.3) is 11.1 Å². The molecule has 1 aliphatic heterocycles. The van der Waals surface area contributed by atoms with Gasteiger partial charge >= 0.3 is 0 Å². The van der Waals surface area contributed by atoms with Crippen molar-refractivity contribution < 1.29 is 14.0 Å². The predicted molar refractivity (Wildman–Crippen MR) is 91.3 cm³/mol. The fourth-order valence-electron chi connectivity index (χ4n) is 1.84. The normalized spacial score (nSPS) is 17.0. The predicted octanol–water partition coefficient (Wildman–Crippen LogP) is 4.78. The van der Waals surface area contributed by atoms with Crippen LogP contribution in [0.15, 0.2) is 45.7 Å². The Bertz CT molecular complexity index is 771. The van der Waals surface area contributed by atoms with Crippen LogP contribution >= 0.6 is 46.0 Å². The number of nitrogens with zero attached hydrogens (tertiary/aromatic N) is 1. The number of carbonyl (C=O) groups is 2. The van der Waals surface area contributed by atoms with Crippen molar-refractivity contribution in [2.75, 3.05) is 4.90 Å². The molecule has 1 aromatic carbocycles. The van der Waals surface area contributed by atoms with Gasteiger partial charge in [0.05, 0.1) is 10.6 Å². The number of benzene rings is 1. The number of hydrogen-bond acceptors (Lipinski definition) is 4. The first-order chi connectivity index (χ1) is 10.0. The van der Waals surface area contributed by atoms with Crippen molar-refractivity contribution in [2.45, 2.75) is 0 Å². The van der Waals surface area contributed by atoms with Crippen LogP contribution in [0.3, 0.4) is 0 Å². The highest BCUT2D eigenvalue weighted by Gasteiger charge is 2.36. The average molecular weight is 432 g/mol. The molecule has 0 bridgehead atoms. The van der Waals surface area contributed by atoms with Crippen molar-refractivity contribution in [3.63, 3.8) is 0 Å². The Labute approximate surface area is 143 Å². The van der Waals surface area contributed by atoms with E-state index in [-0.39, 0.29) is 11.1 Å². The Balaban J connectivity index is 1.94. The van der Waals surface area contributed by atoms with Crippen molar-refractivity contribution in [2.24, 2.45) is 0 Å². The number of anilines is 1. The van der Waals surface area contributed by atoms with E-state index in [2.05, 4.69) is 0 Å². The minimum Gasteiger partial charge on any atom is -0.451 e. The molecule has 2 aromatic rings. The number of amides is 2. The molecule has 0 radical (unpaired) electrons. The van der Waals surface area contributed by atoms with E-state index in [0.29, 0.717) is 25.1 Å². The summed E-state index contributed by atoms with van der Waals surface area (Å²) in [5, 5.41) is 0.117. The van der Waals surface area contributed by atoms with Gasteiger partial charge in [-0.25, -0.2) is 4.90 Å². The maximum Gasteiger partial charge on any atom is 0.298 e. The zero-order valence-corrected chi connectivity index (χ0v) is 14.1. The largest absolute Gasteiger partial charge is 0.451 e. The molecular formula is C14H7ClINO3S. The number of halogens is 2. The lowest BCUT2D eigenvalue weighted by Gasteiger charge is -2.12. The second kappa shape index (κ2) is 5.86. The van der Waals surface area contributed by atoms with Gasteiger partial charge in [0.1, 0.15) is 5.76 Å². The van der Waals surface area contributed by atoms with Crippen LogP contribution < -0.4 is 4.90 Å². The van der Waals surface area contributed by atoms with Crippen LogP contribution in [-0.4, -0.2) is 11.1 Å². The highest BCUT2D eigenvalue weighted by molar-refractivity contribution is 14.1. The molecule has 1 saturated heterocycles. The van der Waals surface area contributed by atoms with Crippen LogP contribution in [0, 0.1) is 3.77 Å². The summed E-state index contributed by atoms with van der Waals surface area (Å²) in [6.45, 7) is 0. The van der Waals surface area contributed by atoms with Crippen LogP contribution in [0.1, 0.15) is 5.76 Å². The van der Waals surface area contributed by atoms with Gasteiger partial charge in [-0.3, -0.25) is 9.59 Å². The first kappa shape index (κ1) is 14.7. The highest BCUT2D eigenvalue weighted by atomic mass is 127. The fourth-order valence-corrected chi connectivity index (χ4v) is 3.28. The number of imide groups is 1. The molecule has 7 heteroatoms. The molecule has 1 fully saturated rings. The minimum atomic E-state index is -0.376. The zero-order valence-electron chi connectivity index (χ0n) is 10.4. The molecule has 0 N–H and O–H groups in total. The van der Waals surface area contributed by atoms with Crippen molar-refractivity contribution in [1.82, 2.24) is 0 Å². The maximum atomic E-state index is 12.4. The third-order valence-electron chi connectivity index (χ3n) is 2.73. The minimum absolute atomic E-state index is 0.325. The SMILES string of the molecule is O=C1S/C(=C\c2ccc(I)o2)C(=O)N1c1cccc(Cl)c1. The van der Waals surface area contributed by atoms with E-state index < -0.39 is 0 Å². The molecule has 3 rings (SSSR count). The molecule has 0 aliphatic carbocycles. The number of thioether (sulfide) groups is 1. The second-order valence-corrected chi connectivity index (χ2v) is 6.63. The van der Waals surface area contributed by atoms with E-state index >= 15 is 0 Å². The monoisotopic (exact) mass is 431 g/mol. The van der Waals surface area contributed by atoms with Gasteiger partial charge < -0.3 is 4.42 Å². The maximum absolute atomic E-state index is 12.4. The summed E-state index contributed by atoms with van der Waals surface area (Å²) in [5.74, 6) is 0.162. The van der Waals surface area contributed by atoms with Gasteiger partial charge in [-0.15, -0.1) is 0 Å². The summed E-state index contributed by atoms with van der Waals surface area (Å²) in [5.41, 5.74) is 0.461. The summed E-state index contributed by atoms with van der Waals surface area (Å²) in [7, 11) is 0. The summed E-state index contributed by atoms with van der Waals surface area (Å²) >= 11 is 8.81. The molecule has 1 aliphatic rings. The molecule has 0 spiro atoms. The summed E-state index contributed by atoms with van der Waals surface area (Å²) in [6.07, 6.45) is 1.57. The van der Waals surface area contributed by atoms with Gasteiger partial charge in [-0.1, -0.05) is 17.7 Å². The topological polar surface area (TPSA) is 50.5 Å². The van der Waals surface area contributed by atoms with Crippen LogP contribution in [0.4, 0.5) is 10.5 Å². The summed E-state index contributed by atoms with van der Waals surface area (Å²) in [4.78, 5) is 25.9. The molecule has 0 atom stereocenters. The molecule has 1 aromatic heterocycles. The highest BCUT2D eigenvalue weighted by Crippen LogP contribution is 2.36. The lowest BCUT2D eigenvalue weighted by molar-refractivity contribution is -0.113. The molecule has 106 valence electrons. The number of hydrogen-bond donors (Lipinski definition) is 0. The molecular weight excluding hydrogens is 425 g/mol. The molecule has 4 nitrogen and oxygen atoms in total. The van der Waals surface area contributed by atoms with E-state index in [1.807, 2.05) is 22.6 Å². The third kappa shape index (κ3) is 3.02. The third-order valence-corrected chi connectivity index (χ3v) is 4.41. The van der Waals surface area contributed by atoms with Gasteiger partial charge in [-0.2, -0.15) is 0 Å². The summed E-state index contributed by atoms with van der Waals surface area (Å²) in [6, 6.07) is 10.2. The Morgan fingerprint density at radius 1 is 1.24 bits per heavy atom. The zero-order chi connectivity index (χ0) is 15.0. The standard InChI is InChI=1S/C14H7ClINO3S/c15-8-2-1-3-9(6-8)17-13(18)11(21-14(17)19)7-10-4-5-12(16)20-10/h1-7H/b11-7-. The quantitative estimate of drug-likeness (QED) is 0.507. The van der Waals surface area contributed by atoms with Crippen LogP contribution in [0.25, 0.3) is 6.08 Å². The van der Waals surface area contributed by atoms with Gasteiger partial charge in [0, 0.05) is 11.1 Å². The molecule has 2 amide bonds. The van der Waals surface area contributed by atoms with Crippen molar-refractivity contribution in [3.05, 3.63) is 55.9 Å². The van der Waals surface area contributed by atoms with E-state index in [9.17, 15) is 9.59 Å². The average Bonchev–Trinajstić information content (AvgIpc) is 2.94. The lowest BCUT2D eigenvalue weighted by atomic mass is 10.3. The number of rotatable bonds is 2. The van der Waals surface area contributed by atoms with Crippen molar-refractivity contribution in [3.8, 4) is 0 Å². The van der Waals surface area contributed by atoms with Gasteiger partial charge in [0.15, 0.2) is 3.77 Å². The Kier molecular flexibility index (Phi) is 4.10. The second-order valence-electron chi connectivity index (χ2n) is 4.14. The Hall–Kier alpha value is -1.25. The van der Waals surface area contributed by atoms with Crippen LogP contribution in [0.5, 0.6) is 0 Å².